The van der Waals surface area contributed by atoms with E-state index in [-0.39, 0.29) is 17.7 Å². The van der Waals surface area contributed by atoms with Crippen LogP contribution >= 0.6 is 11.9 Å². The number of β-amino-alcohol motifs (C(OH)–C–C–N with tert-alkyl or cyclic N) is 1. The Morgan fingerprint density at radius 1 is 1.15 bits per heavy atom. The van der Waals surface area contributed by atoms with E-state index in [4.69, 9.17) is 0 Å². The molecule has 1 aliphatic heterocycles. The van der Waals surface area contributed by atoms with Crippen LogP contribution in [0.3, 0.4) is 0 Å². The molecule has 1 amide bonds. The normalized spacial score (nSPS) is 15.4. The van der Waals surface area contributed by atoms with Crippen LogP contribution in [0.25, 0.3) is 10.9 Å². The number of hydrogen-bond donors (Lipinski definition) is 3. The lowest BCUT2D eigenvalue weighted by Crippen LogP contribution is -2.47. The molecule has 7 nitrogen and oxygen atoms in total. The average molecular weight is 566 g/mol. The third kappa shape index (κ3) is 6.56. The van der Waals surface area contributed by atoms with Crippen molar-refractivity contribution < 1.29 is 27.5 Å². The number of pyridine rings is 1. The maximum absolute atomic E-state index is 14.8. The van der Waals surface area contributed by atoms with Crippen molar-refractivity contribution >= 4 is 40.1 Å². The fourth-order valence-electron chi connectivity index (χ4n) is 4.72. The van der Waals surface area contributed by atoms with E-state index >= 15 is 0 Å². The molecule has 0 spiro atoms. The van der Waals surface area contributed by atoms with Crippen LogP contribution in [0.15, 0.2) is 36.4 Å². The van der Waals surface area contributed by atoms with Gasteiger partial charge in [0.25, 0.3) is 5.91 Å². The zero-order chi connectivity index (χ0) is 28.3. The summed E-state index contributed by atoms with van der Waals surface area (Å²) in [6.07, 6.45) is -2.80. The van der Waals surface area contributed by atoms with Crippen molar-refractivity contribution in [1.82, 2.24) is 15.2 Å². The van der Waals surface area contributed by atoms with E-state index in [9.17, 15) is 27.5 Å². The van der Waals surface area contributed by atoms with Gasteiger partial charge in [0, 0.05) is 66.9 Å². The second-order valence-electron chi connectivity index (χ2n) is 9.50. The molecule has 210 valence electrons. The van der Waals surface area contributed by atoms with E-state index < -0.39 is 29.6 Å². The van der Waals surface area contributed by atoms with Crippen molar-refractivity contribution in [3.05, 3.63) is 64.6 Å². The summed E-state index contributed by atoms with van der Waals surface area (Å²) in [5.74, 6) is -0.943. The number of nitrogens with one attached hydrogen (secondary N) is 2. The predicted octanol–water partition coefficient (Wildman–Crippen LogP) is 5.00. The van der Waals surface area contributed by atoms with Gasteiger partial charge in [0.15, 0.2) is 0 Å². The van der Waals surface area contributed by atoms with Crippen molar-refractivity contribution in [3.8, 4) is 0 Å². The molecule has 3 N–H and O–H groups in total. The van der Waals surface area contributed by atoms with Gasteiger partial charge in [-0.05, 0) is 55.8 Å². The largest absolute Gasteiger partial charge is 0.433 e. The maximum atomic E-state index is 14.8. The molecule has 39 heavy (non-hydrogen) atoms. The fourth-order valence-corrected chi connectivity index (χ4v) is 5.16. The third-order valence-corrected chi connectivity index (χ3v) is 7.26. The Bertz CT molecular complexity index is 1350. The number of aryl methyl sites for hydroxylation is 1. The van der Waals surface area contributed by atoms with E-state index in [0.29, 0.717) is 55.0 Å². The van der Waals surface area contributed by atoms with Crippen molar-refractivity contribution in [3.63, 3.8) is 0 Å². The minimum atomic E-state index is -4.63. The highest BCUT2D eigenvalue weighted by Gasteiger charge is 2.34. The van der Waals surface area contributed by atoms with Gasteiger partial charge in [-0.2, -0.15) is 13.2 Å². The second kappa shape index (κ2) is 12.0. The zero-order valence-electron chi connectivity index (χ0n) is 21.9. The van der Waals surface area contributed by atoms with Crippen LogP contribution in [0.5, 0.6) is 0 Å². The molecule has 0 unspecified atom stereocenters. The monoisotopic (exact) mass is 565 g/mol. The van der Waals surface area contributed by atoms with Gasteiger partial charge in [-0.25, -0.2) is 9.37 Å². The minimum Gasteiger partial charge on any atom is -0.395 e. The number of piperazine rings is 1. The highest BCUT2D eigenvalue weighted by Crippen LogP contribution is 2.35. The number of fused-ring (bicyclic) bond motifs is 1. The van der Waals surface area contributed by atoms with Crippen LogP contribution in [0.2, 0.25) is 0 Å². The molecule has 2 heterocycles. The molecule has 1 aromatic heterocycles. The molecule has 0 aliphatic carbocycles. The number of carbonyl (C=O) groups is 1. The maximum Gasteiger partial charge on any atom is 0.433 e. The Morgan fingerprint density at radius 3 is 2.51 bits per heavy atom. The van der Waals surface area contributed by atoms with Gasteiger partial charge in [0.2, 0.25) is 0 Å². The number of amides is 1. The van der Waals surface area contributed by atoms with Gasteiger partial charge in [0.1, 0.15) is 11.5 Å². The first-order chi connectivity index (χ1) is 18.5. The summed E-state index contributed by atoms with van der Waals surface area (Å²) in [6.45, 7) is 6.11. The van der Waals surface area contributed by atoms with Crippen molar-refractivity contribution in [2.45, 2.75) is 26.1 Å². The lowest BCUT2D eigenvalue weighted by Gasteiger charge is -2.36. The number of halogens is 4. The Kier molecular flexibility index (Phi) is 8.87. The zero-order valence-corrected chi connectivity index (χ0v) is 22.7. The summed E-state index contributed by atoms with van der Waals surface area (Å²) in [7, 11) is 0. The van der Waals surface area contributed by atoms with Crippen LogP contribution in [0, 0.1) is 12.7 Å². The van der Waals surface area contributed by atoms with Gasteiger partial charge in [-0.15, -0.1) is 0 Å². The molecule has 4 rings (SSSR count). The van der Waals surface area contributed by atoms with Gasteiger partial charge in [0.05, 0.1) is 18.2 Å². The lowest BCUT2D eigenvalue weighted by molar-refractivity contribution is -0.140. The molecule has 0 saturated carbocycles. The topological polar surface area (TPSA) is 80.7 Å². The molecule has 1 atom stereocenters. The standard InChI is InChI=1S/C27H31F4N5O2S/c1-16-12-19(21(28)14-23(16)34-39-3)17(2)32-26(38)18-4-5-22-20(13-18)24(15-25(33-22)27(29,30)31)36-8-6-35(7-9-36)10-11-37/h4-5,12-15,17,34,37H,6-11H2,1-3H3,(H,32,38)/t17-/m1/s1. The summed E-state index contributed by atoms with van der Waals surface area (Å²) in [5.41, 5.74) is 1.49. The van der Waals surface area contributed by atoms with E-state index in [2.05, 4.69) is 15.0 Å². The summed E-state index contributed by atoms with van der Waals surface area (Å²) < 4.78 is 58.8. The first-order valence-corrected chi connectivity index (χ1v) is 13.7. The number of aliphatic hydroxyl groups excluding tert-OH is 1. The van der Waals surface area contributed by atoms with Crippen molar-refractivity contribution in [2.75, 3.05) is 55.2 Å². The van der Waals surface area contributed by atoms with Crippen LogP contribution < -0.4 is 14.9 Å². The molecular formula is C27H31F4N5O2S. The molecule has 1 fully saturated rings. The Balaban J connectivity index is 1.64. The van der Waals surface area contributed by atoms with Gasteiger partial charge in [-0.3, -0.25) is 9.69 Å². The van der Waals surface area contributed by atoms with Crippen LogP contribution in [0.4, 0.5) is 28.9 Å². The van der Waals surface area contributed by atoms with Gasteiger partial charge >= 0.3 is 6.18 Å². The predicted molar refractivity (Wildman–Crippen MR) is 147 cm³/mol. The Labute approximate surface area is 228 Å². The number of alkyl halides is 3. The number of nitrogens with zero attached hydrogens (tertiary/aromatic N) is 3. The van der Waals surface area contributed by atoms with E-state index in [1.54, 1.807) is 13.0 Å². The Morgan fingerprint density at radius 2 is 1.87 bits per heavy atom. The van der Waals surface area contributed by atoms with E-state index in [0.717, 1.165) is 11.6 Å². The summed E-state index contributed by atoms with van der Waals surface area (Å²) in [4.78, 5) is 20.9. The van der Waals surface area contributed by atoms with E-state index in [1.165, 1.54) is 36.2 Å². The molecule has 1 aliphatic rings. The number of hydrogen-bond acceptors (Lipinski definition) is 7. The van der Waals surface area contributed by atoms with Gasteiger partial charge in [-0.1, -0.05) is 11.9 Å². The van der Waals surface area contributed by atoms with Crippen LogP contribution in [-0.4, -0.2) is 66.5 Å². The molecule has 12 heteroatoms. The van der Waals surface area contributed by atoms with Crippen molar-refractivity contribution in [1.29, 1.82) is 0 Å². The highest BCUT2D eigenvalue weighted by atomic mass is 32.2. The first-order valence-electron chi connectivity index (χ1n) is 12.5. The molecular weight excluding hydrogens is 534 g/mol. The number of rotatable bonds is 8. The molecule has 2 aromatic carbocycles. The lowest BCUT2D eigenvalue weighted by atomic mass is 10.0. The van der Waals surface area contributed by atoms with Crippen LogP contribution in [-0.2, 0) is 6.18 Å². The molecule has 1 saturated heterocycles. The number of benzene rings is 2. The Hall–Kier alpha value is -3.09. The van der Waals surface area contributed by atoms with Gasteiger partial charge < -0.3 is 20.0 Å². The number of carbonyl (C=O) groups excluding carboxylic acids is 1. The quantitative estimate of drug-likeness (QED) is 0.262. The average Bonchev–Trinajstić information content (AvgIpc) is 2.89. The summed E-state index contributed by atoms with van der Waals surface area (Å²) >= 11 is 1.35. The number of aromatic nitrogens is 1. The second-order valence-corrected chi connectivity index (χ2v) is 10.1. The fraction of sp³-hybridized carbons (Fsp3) is 0.407. The molecule has 3 aromatic rings. The number of anilines is 2. The smallest absolute Gasteiger partial charge is 0.395 e. The minimum absolute atomic E-state index is 0.00954. The summed E-state index contributed by atoms with van der Waals surface area (Å²) in [6, 6.07) is 7.80. The van der Waals surface area contributed by atoms with Crippen LogP contribution in [0.1, 0.15) is 40.1 Å². The summed E-state index contributed by atoms with van der Waals surface area (Å²) in [5, 5.41) is 12.4. The molecule has 0 radical (unpaired) electrons. The van der Waals surface area contributed by atoms with Crippen molar-refractivity contribution in [2.24, 2.45) is 0 Å². The first kappa shape index (κ1) is 28.9. The highest BCUT2D eigenvalue weighted by molar-refractivity contribution is 7.99. The number of aliphatic hydroxyl groups is 1. The molecule has 0 bridgehead atoms. The SMILES string of the molecule is CSNc1cc(F)c([C@@H](C)NC(=O)c2ccc3nc(C(F)(F)F)cc(N4CCN(CCO)CC4)c3c2)cc1C. The third-order valence-electron chi connectivity index (χ3n) is 6.84. The van der Waals surface area contributed by atoms with E-state index in [1.807, 2.05) is 23.0 Å².